The summed E-state index contributed by atoms with van der Waals surface area (Å²) in [5.41, 5.74) is 3.22. The van der Waals surface area contributed by atoms with E-state index in [1.54, 1.807) is 4.90 Å². The molecule has 0 radical (unpaired) electrons. The molecule has 3 N–H and O–H groups in total. The van der Waals surface area contributed by atoms with Gasteiger partial charge in [0, 0.05) is 13.2 Å². The Labute approximate surface area is 112 Å². The van der Waals surface area contributed by atoms with Gasteiger partial charge < -0.3 is 20.5 Å². The van der Waals surface area contributed by atoms with E-state index in [-0.39, 0.29) is 12.5 Å². The fourth-order valence-corrected chi connectivity index (χ4v) is 2.61. The van der Waals surface area contributed by atoms with Crippen molar-refractivity contribution in [3.63, 3.8) is 0 Å². The molecule has 0 aromatic heterocycles. The van der Waals surface area contributed by atoms with Crippen molar-refractivity contribution >= 4 is 11.8 Å². The molecule has 0 spiro atoms. The van der Waals surface area contributed by atoms with Crippen molar-refractivity contribution in [3.05, 3.63) is 0 Å². The molecule has 1 saturated carbocycles. The van der Waals surface area contributed by atoms with Gasteiger partial charge in [0.15, 0.2) is 5.60 Å². The summed E-state index contributed by atoms with van der Waals surface area (Å²) in [4.78, 5) is 25.3. The quantitative estimate of drug-likeness (QED) is 0.713. The van der Waals surface area contributed by atoms with E-state index in [2.05, 4.69) is 0 Å². The van der Waals surface area contributed by atoms with Crippen LogP contribution in [0.1, 0.15) is 32.6 Å². The summed E-state index contributed by atoms with van der Waals surface area (Å²) in [6.45, 7) is 3.48. The predicted molar refractivity (Wildman–Crippen MR) is 68.1 cm³/mol. The first-order chi connectivity index (χ1) is 8.93. The van der Waals surface area contributed by atoms with Crippen LogP contribution in [0.3, 0.4) is 0 Å². The number of hydrogen-bond donors (Lipinski definition) is 2. The lowest BCUT2D eigenvalue weighted by atomic mass is 9.91. The lowest BCUT2D eigenvalue weighted by molar-refractivity contribution is -0.153. The normalized spacial score (nSPS) is 29.1. The number of piperidine rings is 1. The van der Waals surface area contributed by atoms with E-state index in [4.69, 9.17) is 10.5 Å². The molecule has 0 aromatic carbocycles. The Morgan fingerprint density at radius 2 is 2.05 bits per heavy atom. The van der Waals surface area contributed by atoms with Gasteiger partial charge in [0.1, 0.15) is 0 Å². The average molecular weight is 270 g/mol. The highest BCUT2D eigenvalue weighted by Gasteiger charge is 2.53. The van der Waals surface area contributed by atoms with E-state index >= 15 is 0 Å². The van der Waals surface area contributed by atoms with Crippen LogP contribution in [-0.4, -0.2) is 53.7 Å². The van der Waals surface area contributed by atoms with E-state index in [9.17, 15) is 14.7 Å². The van der Waals surface area contributed by atoms with Gasteiger partial charge in [-0.1, -0.05) is 0 Å². The number of carbonyl (C=O) groups excluding carboxylic acids is 2. The number of hydrogen-bond acceptors (Lipinski definition) is 4. The molecule has 0 bridgehead atoms. The Morgan fingerprint density at radius 3 is 2.58 bits per heavy atom. The maximum absolute atomic E-state index is 12.5. The molecule has 2 amide bonds. The molecular weight excluding hydrogens is 248 g/mol. The van der Waals surface area contributed by atoms with Gasteiger partial charge in [0.2, 0.25) is 5.91 Å². The zero-order valence-corrected chi connectivity index (χ0v) is 11.4. The molecule has 2 fully saturated rings. The molecule has 1 aliphatic carbocycles. The number of likely N-dealkylation sites (tertiary alicyclic amines) is 1. The summed E-state index contributed by atoms with van der Waals surface area (Å²) in [7, 11) is 0. The smallest absolute Gasteiger partial charge is 0.251 e. The van der Waals surface area contributed by atoms with Gasteiger partial charge in [-0.15, -0.1) is 0 Å². The predicted octanol–water partition coefficient (Wildman–Crippen LogP) is -0.358. The molecule has 2 rings (SSSR count). The number of nitrogens with two attached hydrogens (primary N) is 1. The molecule has 19 heavy (non-hydrogen) atoms. The molecular formula is C13H22N2O4. The first-order valence-corrected chi connectivity index (χ1v) is 6.83. The third-order valence-corrected chi connectivity index (χ3v) is 4.11. The number of primary amides is 1. The van der Waals surface area contributed by atoms with Gasteiger partial charge in [-0.3, -0.25) is 9.59 Å². The van der Waals surface area contributed by atoms with E-state index < -0.39 is 16.9 Å². The van der Waals surface area contributed by atoms with Crippen LogP contribution < -0.4 is 5.73 Å². The van der Waals surface area contributed by atoms with E-state index in [0.717, 1.165) is 12.8 Å². The van der Waals surface area contributed by atoms with Gasteiger partial charge in [0.25, 0.3) is 5.91 Å². The lowest BCUT2D eigenvalue weighted by Gasteiger charge is -2.38. The maximum atomic E-state index is 12.5. The summed E-state index contributed by atoms with van der Waals surface area (Å²) in [6.07, 6.45) is 2.55. The molecule has 6 heteroatoms. The standard InChI is InChI=1S/C13H22N2O4/c1-2-19-9-12(5-6-12)11(17)15-7-3-4-13(18,8-15)10(14)16/h18H,2-9H2,1H3,(H2,14,16)/t13-/m1/s1. The topological polar surface area (TPSA) is 92.9 Å². The van der Waals surface area contributed by atoms with Crippen LogP contribution in [0.15, 0.2) is 0 Å². The Kier molecular flexibility index (Phi) is 3.82. The number of ether oxygens (including phenoxy) is 1. The summed E-state index contributed by atoms with van der Waals surface area (Å²) < 4.78 is 5.37. The lowest BCUT2D eigenvalue weighted by Crippen LogP contribution is -2.58. The van der Waals surface area contributed by atoms with Crippen LogP contribution in [0.25, 0.3) is 0 Å². The van der Waals surface area contributed by atoms with Crippen molar-refractivity contribution < 1.29 is 19.4 Å². The molecule has 1 aliphatic heterocycles. The second-order valence-electron chi connectivity index (χ2n) is 5.64. The van der Waals surface area contributed by atoms with E-state index in [1.807, 2.05) is 6.92 Å². The Balaban J connectivity index is 2.02. The summed E-state index contributed by atoms with van der Waals surface area (Å²) in [6, 6.07) is 0. The second kappa shape index (κ2) is 5.09. The first-order valence-electron chi connectivity index (χ1n) is 6.83. The van der Waals surface area contributed by atoms with Crippen molar-refractivity contribution in [3.8, 4) is 0 Å². The number of carbonyl (C=O) groups is 2. The fourth-order valence-electron chi connectivity index (χ4n) is 2.61. The number of β-amino-alcohol motifs (C(OH)–C–C–N with tert-alkyl or cyclic N) is 1. The van der Waals surface area contributed by atoms with Crippen molar-refractivity contribution in [2.24, 2.45) is 11.1 Å². The third-order valence-electron chi connectivity index (χ3n) is 4.11. The molecule has 0 unspecified atom stereocenters. The average Bonchev–Trinajstić information content (AvgIpc) is 3.16. The highest BCUT2D eigenvalue weighted by molar-refractivity contribution is 5.88. The summed E-state index contributed by atoms with van der Waals surface area (Å²) in [5.74, 6) is -0.764. The number of aliphatic hydroxyl groups is 1. The van der Waals surface area contributed by atoms with Gasteiger partial charge in [0.05, 0.1) is 18.6 Å². The zero-order valence-electron chi connectivity index (χ0n) is 11.4. The largest absolute Gasteiger partial charge is 0.381 e. The third kappa shape index (κ3) is 2.74. The van der Waals surface area contributed by atoms with Crippen molar-refractivity contribution in [1.82, 2.24) is 4.90 Å². The first kappa shape index (κ1) is 14.3. The van der Waals surface area contributed by atoms with Crippen molar-refractivity contribution in [2.45, 2.75) is 38.2 Å². The molecule has 6 nitrogen and oxygen atoms in total. The highest BCUT2D eigenvalue weighted by Crippen LogP contribution is 2.48. The molecule has 2 aliphatic rings. The number of nitrogens with zero attached hydrogens (tertiary/aromatic N) is 1. The van der Waals surface area contributed by atoms with Crippen molar-refractivity contribution in [2.75, 3.05) is 26.3 Å². The van der Waals surface area contributed by atoms with Gasteiger partial charge >= 0.3 is 0 Å². The van der Waals surface area contributed by atoms with Gasteiger partial charge in [-0.2, -0.15) is 0 Å². The minimum absolute atomic E-state index is 0.00897. The highest BCUT2D eigenvalue weighted by atomic mass is 16.5. The minimum Gasteiger partial charge on any atom is -0.381 e. The molecule has 1 heterocycles. The SMILES string of the molecule is CCOCC1(C(=O)N2CCC[C@](O)(C(N)=O)C2)CC1. The molecule has 108 valence electrons. The van der Waals surface area contributed by atoms with Crippen LogP contribution in [0.2, 0.25) is 0 Å². The second-order valence-corrected chi connectivity index (χ2v) is 5.64. The number of rotatable bonds is 5. The van der Waals surface area contributed by atoms with Gasteiger partial charge in [-0.25, -0.2) is 0 Å². The van der Waals surface area contributed by atoms with Crippen LogP contribution >= 0.6 is 0 Å². The number of amides is 2. The Morgan fingerprint density at radius 1 is 1.37 bits per heavy atom. The Hall–Kier alpha value is -1.14. The monoisotopic (exact) mass is 270 g/mol. The minimum atomic E-state index is -1.57. The van der Waals surface area contributed by atoms with Crippen LogP contribution in [0.4, 0.5) is 0 Å². The summed E-state index contributed by atoms with van der Waals surface area (Å²) in [5, 5.41) is 10.1. The molecule has 0 aromatic rings. The van der Waals surface area contributed by atoms with E-state index in [0.29, 0.717) is 32.6 Å². The molecule has 1 saturated heterocycles. The van der Waals surface area contributed by atoms with Crippen LogP contribution in [0.5, 0.6) is 0 Å². The Bertz CT molecular complexity index is 381. The van der Waals surface area contributed by atoms with Gasteiger partial charge in [-0.05, 0) is 32.6 Å². The summed E-state index contributed by atoms with van der Waals surface area (Å²) >= 11 is 0. The molecule has 1 atom stereocenters. The van der Waals surface area contributed by atoms with Crippen LogP contribution in [-0.2, 0) is 14.3 Å². The zero-order chi connectivity index (χ0) is 14.1. The van der Waals surface area contributed by atoms with E-state index in [1.165, 1.54) is 0 Å². The van der Waals surface area contributed by atoms with Crippen LogP contribution in [0, 0.1) is 5.41 Å². The fraction of sp³-hybridized carbons (Fsp3) is 0.846. The van der Waals surface area contributed by atoms with Crippen molar-refractivity contribution in [1.29, 1.82) is 0 Å². The maximum Gasteiger partial charge on any atom is 0.251 e.